The molecule has 0 bridgehead atoms. The minimum Gasteiger partial charge on any atom is -0.321 e. The lowest BCUT2D eigenvalue weighted by Gasteiger charge is -2.12. The number of rotatable bonds is 9. The smallest absolute Gasteiger partial charge is 0.305 e. The molecule has 0 atom stereocenters. The number of carbonyl (C=O) groups excluding carboxylic acids is 2. The highest BCUT2D eigenvalue weighted by atomic mass is 32.2. The van der Waals surface area contributed by atoms with E-state index < -0.39 is 38.3 Å². The van der Waals surface area contributed by atoms with Crippen molar-refractivity contribution in [3.8, 4) is 0 Å². The summed E-state index contributed by atoms with van der Waals surface area (Å²) >= 11 is 0. The maximum Gasteiger partial charge on any atom is 0.305 e. The largest absolute Gasteiger partial charge is 0.321 e. The number of carbonyl (C=O) groups is 2. The van der Waals surface area contributed by atoms with Crippen molar-refractivity contribution in [3.05, 3.63) is 64.0 Å². The lowest BCUT2D eigenvalue weighted by Crippen LogP contribution is -2.31. The maximum absolute atomic E-state index is 13.5. The van der Waals surface area contributed by atoms with E-state index in [1.807, 2.05) is 11.6 Å². The average Bonchev–Trinajstić information content (AvgIpc) is 2.68. The predicted molar refractivity (Wildman–Crippen MR) is 107 cm³/mol. The molecule has 11 heteroatoms. The minimum atomic E-state index is -4.27. The Morgan fingerprint density at radius 1 is 1.13 bits per heavy atom. The molecule has 2 amide bonds. The third-order valence-electron chi connectivity index (χ3n) is 4.09. The number of nitrogens with zero attached hydrogens (tertiary/aromatic N) is 1. The number of para-hydroxylation sites is 1. The van der Waals surface area contributed by atoms with Gasteiger partial charge in [-0.3, -0.25) is 19.7 Å². The van der Waals surface area contributed by atoms with Crippen LogP contribution in [0.2, 0.25) is 0 Å². The first-order chi connectivity index (χ1) is 14.2. The van der Waals surface area contributed by atoms with Crippen molar-refractivity contribution < 1.29 is 27.3 Å². The molecule has 0 unspecified atom stereocenters. The second-order valence-electron chi connectivity index (χ2n) is 6.36. The lowest BCUT2D eigenvalue weighted by atomic mass is 10.1. The van der Waals surface area contributed by atoms with Gasteiger partial charge in [-0.1, -0.05) is 31.9 Å². The molecule has 2 N–H and O–H groups in total. The van der Waals surface area contributed by atoms with Crippen LogP contribution in [0.4, 0.5) is 15.8 Å². The van der Waals surface area contributed by atoms with E-state index in [0.717, 1.165) is 31.0 Å². The Labute approximate surface area is 172 Å². The van der Waals surface area contributed by atoms with Crippen LogP contribution < -0.4 is 10.0 Å². The first-order valence-electron chi connectivity index (χ1n) is 9.05. The fraction of sp³-hybridized carbons (Fsp3) is 0.263. The van der Waals surface area contributed by atoms with Crippen LogP contribution in [0.25, 0.3) is 0 Å². The number of nitro benzene ring substituents is 1. The highest BCUT2D eigenvalue weighted by Crippen LogP contribution is 2.23. The molecule has 160 valence electrons. The third kappa shape index (κ3) is 5.83. The standard InChI is InChI=1S/C19H20FN3O6S/c1-2-3-4-9-18(24)22-30(28,29)17-8-6-5-7-15(17)21-19(25)13-10-11-14(20)16(12-13)23(26)27/h5-8,10-12H,2-4,9H2,1H3,(H,21,25)(H,22,24). The van der Waals surface area contributed by atoms with Crippen molar-refractivity contribution >= 4 is 33.2 Å². The quantitative estimate of drug-likeness (QED) is 0.351. The number of anilines is 1. The van der Waals surface area contributed by atoms with Crippen molar-refractivity contribution in [2.75, 3.05) is 5.32 Å². The van der Waals surface area contributed by atoms with Crippen LogP contribution in [0.5, 0.6) is 0 Å². The predicted octanol–water partition coefficient (Wildman–Crippen LogP) is 3.37. The first kappa shape index (κ1) is 22.9. The molecule has 2 aromatic rings. The summed E-state index contributed by atoms with van der Waals surface area (Å²) in [5.74, 6) is -2.65. The van der Waals surface area contributed by atoms with E-state index in [-0.39, 0.29) is 22.6 Å². The first-order valence-corrected chi connectivity index (χ1v) is 10.5. The molecular formula is C19H20FN3O6S. The van der Waals surface area contributed by atoms with Crippen molar-refractivity contribution in [2.45, 2.75) is 37.5 Å². The van der Waals surface area contributed by atoms with Gasteiger partial charge in [-0.25, -0.2) is 13.1 Å². The zero-order chi connectivity index (χ0) is 22.3. The number of nitro groups is 1. The molecule has 0 radical (unpaired) electrons. The summed E-state index contributed by atoms with van der Waals surface area (Å²) in [6.45, 7) is 1.95. The molecule has 9 nitrogen and oxygen atoms in total. The van der Waals surface area contributed by atoms with Gasteiger partial charge in [0, 0.05) is 18.1 Å². The molecule has 0 spiro atoms. The number of halogens is 1. The van der Waals surface area contributed by atoms with Crippen LogP contribution in [-0.2, 0) is 14.8 Å². The number of amides is 2. The maximum atomic E-state index is 13.5. The number of sulfonamides is 1. The van der Waals surface area contributed by atoms with Crippen molar-refractivity contribution in [1.82, 2.24) is 4.72 Å². The summed E-state index contributed by atoms with van der Waals surface area (Å²) in [5.41, 5.74) is -1.26. The van der Waals surface area contributed by atoms with Gasteiger partial charge in [0.25, 0.3) is 15.9 Å². The Morgan fingerprint density at radius 3 is 2.50 bits per heavy atom. The minimum absolute atomic E-state index is 0.0425. The third-order valence-corrected chi connectivity index (χ3v) is 5.52. The van der Waals surface area contributed by atoms with Gasteiger partial charge in [0.05, 0.1) is 10.6 Å². The van der Waals surface area contributed by atoms with Crippen LogP contribution in [0, 0.1) is 15.9 Å². The highest BCUT2D eigenvalue weighted by Gasteiger charge is 2.23. The van der Waals surface area contributed by atoms with Crippen molar-refractivity contribution in [1.29, 1.82) is 0 Å². The Balaban J connectivity index is 2.25. The number of hydrogen-bond donors (Lipinski definition) is 2. The molecule has 0 fully saturated rings. The fourth-order valence-corrected chi connectivity index (χ4v) is 3.76. The van der Waals surface area contributed by atoms with E-state index >= 15 is 0 Å². The Hall–Kier alpha value is -3.34. The fourth-order valence-electron chi connectivity index (χ4n) is 2.58. The van der Waals surface area contributed by atoms with Gasteiger partial charge in [0.2, 0.25) is 11.7 Å². The molecule has 2 aromatic carbocycles. The topological polar surface area (TPSA) is 135 Å². The van der Waals surface area contributed by atoms with E-state index in [4.69, 9.17) is 0 Å². The van der Waals surface area contributed by atoms with E-state index in [1.54, 1.807) is 0 Å². The monoisotopic (exact) mass is 437 g/mol. The molecule has 0 heterocycles. The van der Waals surface area contributed by atoms with Crippen LogP contribution in [0.1, 0.15) is 43.0 Å². The number of benzene rings is 2. The van der Waals surface area contributed by atoms with Crippen molar-refractivity contribution in [3.63, 3.8) is 0 Å². The van der Waals surface area contributed by atoms with Crippen LogP contribution >= 0.6 is 0 Å². The second-order valence-corrected chi connectivity index (χ2v) is 8.01. The Bertz CT molecular complexity index is 1070. The highest BCUT2D eigenvalue weighted by molar-refractivity contribution is 7.90. The molecule has 0 aromatic heterocycles. The molecule has 0 aliphatic heterocycles. The van der Waals surface area contributed by atoms with Gasteiger partial charge in [-0.05, 0) is 30.7 Å². The van der Waals surface area contributed by atoms with Gasteiger partial charge in [-0.2, -0.15) is 4.39 Å². The summed E-state index contributed by atoms with van der Waals surface area (Å²) in [7, 11) is -4.27. The molecule has 0 saturated heterocycles. The summed E-state index contributed by atoms with van der Waals surface area (Å²) in [6, 6.07) is 7.92. The van der Waals surface area contributed by atoms with Gasteiger partial charge in [0.15, 0.2) is 0 Å². The Kier molecular flexibility index (Phi) is 7.59. The van der Waals surface area contributed by atoms with E-state index in [9.17, 15) is 32.5 Å². The summed E-state index contributed by atoms with van der Waals surface area (Å²) in [6.07, 6.45) is 2.24. The lowest BCUT2D eigenvalue weighted by molar-refractivity contribution is -0.387. The number of nitrogens with one attached hydrogen (secondary N) is 2. The molecule has 0 aliphatic carbocycles. The van der Waals surface area contributed by atoms with Crippen LogP contribution in [0.15, 0.2) is 47.4 Å². The SMILES string of the molecule is CCCCCC(=O)NS(=O)(=O)c1ccccc1NC(=O)c1ccc(F)c([N+](=O)[O-])c1. The van der Waals surface area contributed by atoms with E-state index in [2.05, 4.69) is 5.32 Å². The molecule has 0 aliphatic rings. The van der Waals surface area contributed by atoms with Gasteiger partial charge >= 0.3 is 5.69 Å². The second kappa shape index (κ2) is 9.92. The van der Waals surface area contributed by atoms with Gasteiger partial charge < -0.3 is 5.32 Å². The number of hydrogen-bond acceptors (Lipinski definition) is 6. The molecular weight excluding hydrogens is 417 g/mol. The zero-order valence-electron chi connectivity index (χ0n) is 16.1. The summed E-state index contributed by atoms with van der Waals surface area (Å²) in [4.78, 5) is 33.9. The Morgan fingerprint density at radius 2 is 1.83 bits per heavy atom. The average molecular weight is 437 g/mol. The van der Waals surface area contributed by atoms with Gasteiger partial charge in [-0.15, -0.1) is 0 Å². The molecule has 2 rings (SSSR count). The normalized spacial score (nSPS) is 11.0. The zero-order valence-corrected chi connectivity index (χ0v) is 16.9. The molecule has 30 heavy (non-hydrogen) atoms. The summed E-state index contributed by atoms with van der Waals surface area (Å²) < 4.78 is 40.6. The van der Waals surface area contributed by atoms with E-state index in [0.29, 0.717) is 6.42 Å². The number of unbranched alkanes of at least 4 members (excludes halogenated alkanes) is 2. The summed E-state index contributed by atoms with van der Waals surface area (Å²) in [5, 5.41) is 13.2. The van der Waals surface area contributed by atoms with Gasteiger partial charge in [0.1, 0.15) is 4.90 Å². The van der Waals surface area contributed by atoms with Crippen LogP contribution in [-0.4, -0.2) is 25.2 Å². The molecule has 0 saturated carbocycles. The van der Waals surface area contributed by atoms with Crippen LogP contribution in [0.3, 0.4) is 0 Å². The van der Waals surface area contributed by atoms with Crippen molar-refractivity contribution in [2.24, 2.45) is 0 Å². The van der Waals surface area contributed by atoms with E-state index in [1.165, 1.54) is 24.3 Å².